The maximum absolute atomic E-state index is 5.83. The van der Waals surface area contributed by atoms with Crippen LogP contribution in [0.4, 0.5) is 5.82 Å². The Morgan fingerprint density at radius 3 is 2.65 bits per heavy atom. The van der Waals surface area contributed by atoms with Crippen LogP contribution in [-0.2, 0) is 6.54 Å². The van der Waals surface area contributed by atoms with Crippen molar-refractivity contribution in [2.24, 2.45) is 0 Å². The molecule has 1 aromatic carbocycles. The maximum Gasteiger partial charge on any atom is 0.137 e. The van der Waals surface area contributed by atoms with Crippen LogP contribution in [0.2, 0.25) is 0 Å². The monoisotopic (exact) mass is 288 g/mol. The number of nitrogens with zero attached hydrogens (tertiary/aromatic N) is 2. The molecule has 20 heavy (non-hydrogen) atoms. The van der Waals surface area contributed by atoms with Crippen molar-refractivity contribution in [2.45, 2.75) is 13.5 Å². The van der Waals surface area contributed by atoms with Gasteiger partial charge in [0.1, 0.15) is 22.4 Å². The van der Waals surface area contributed by atoms with Crippen molar-refractivity contribution in [3.05, 3.63) is 47.4 Å². The van der Waals surface area contributed by atoms with E-state index in [1.165, 1.54) is 0 Å². The van der Waals surface area contributed by atoms with E-state index in [0.717, 1.165) is 11.3 Å². The van der Waals surface area contributed by atoms with Gasteiger partial charge in [0.25, 0.3) is 0 Å². The van der Waals surface area contributed by atoms with Gasteiger partial charge in [0.05, 0.1) is 12.7 Å². The average molecular weight is 288 g/mol. The number of hydrogen-bond acceptors (Lipinski definition) is 5. The molecular weight excluding hydrogens is 272 g/mol. The number of benzene rings is 1. The molecule has 2 aromatic rings. The predicted molar refractivity (Wildman–Crippen MR) is 82.7 cm³/mol. The molecule has 0 aliphatic rings. The minimum atomic E-state index is 0.393. The molecule has 3 N–H and O–H groups in total. The summed E-state index contributed by atoms with van der Waals surface area (Å²) in [5, 5.41) is 3.14. The third-order valence-corrected chi connectivity index (χ3v) is 3.16. The molecule has 0 saturated heterocycles. The van der Waals surface area contributed by atoms with Crippen LogP contribution in [0.5, 0.6) is 5.75 Å². The van der Waals surface area contributed by atoms with E-state index in [1.54, 1.807) is 20.2 Å². The van der Waals surface area contributed by atoms with Crippen LogP contribution >= 0.6 is 12.2 Å². The molecule has 0 spiro atoms. The van der Waals surface area contributed by atoms with Crippen molar-refractivity contribution < 1.29 is 4.74 Å². The Morgan fingerprint density at radius 1 is 1.35 bits per heavy atom. The molecule has 0 aliphatic carbocycles. The van der Waals surface area contributed by atoms with Gasteiger partial charge >= 0.3 is 0 Å². The van der Waals surface area contributed by atoms with E-state index in [1.807, 2.05) is 24.3 Å². The molecule has 0 atom stereocenters. The van der Waals surface area contributed by atoms with Gasteiger partial charge in [0.2, 0.25) is 0 Å². The molecule has 0 unspecified atom stereocenters. The minimum absolute atomic E-state index is 0.393. The summed E-state index contributed by atoms with van der Waals surface area (Å²) in [6.45, 7) is 2.39. The number of thiocarbonyl (C=S) groups is 1. The van der Waals surface area contributed by atoms with E-state index in [-0.39, 0.29) is 0 Å². The fourth-order valence-electron chi connectivity index (χ4n) is 1.68. The number of methoxy groups -OCH3 is 1. The smallest absolute Gasteiger partial charge is 0.137 e. The van der Waals surface area contributed by atoms with Crippen molar-refractivity contribution in [3.63, 3.8) is 0 Å². The Labute approximate surface area is 123 Å². The lowest BCUT2D eigenvalue weighted by Crippen LogP contribution is -2.23. The SMILES string of the molecule is COc1ccc(CNC(=S)c2cnc(C)nc2N)cc1. The van der Waals surface area contributed by atoms with E-state index in [2.05, 4.69) is 15.3 Å². The van der Waals surface area contributed by atoms with E-state index in [4.69, 9.17) is 22.7 Å². The van der Waals surface area contributed by atoms with Crippen LogP contribution in [0.25, 0.3) is 0 Å². The molecule has 0 saturated carbocycles. The molecule has 0 bridgehead atoms. The highest BCUT2D eigenvalue weighted by Crippen LogP contribution is 2.12. The second-order valence-electron chi connectivity index (χ2n) is 4.25. The lowest BCUT2D eigenvalue weighted by molar-refractivity contribution is 0.414. The number of nitrogens with one attached hydrogen (secondary N) is 1. The van der Waals surface area contributed by atoms with Crippen molar-refractivity contribution in [3.8, 4) is 5.75 Å². The summed E-state index contributed by atoms with van der Waals surface area (Å²) in [7, 11) is 1.64. The fourth-order valence-corrected chi connectivity index (χ4v) is 1.91. The summed E-state index contributed by atoms with van der Waals surface area (Å²) < 4.78 is 5.11. The Bertz CT molecular complexity index is 613. The number of nitrogens with two attached hydrogens (primary N) is 1. The van der Waals surface area contributed by atoms with Crippen LogP contribution in [0, 0.1) is 6.92 Å². The van der Waals surface area contributed by atoms with E-state index < -0.39 is 0 Å². The molecule has 0 radical (unpaired) electrons. The van der Waals surface area contributed by atoms with Crippen molar-refractivity contribution >= 4 is 23.0 Å². The van der Waals surface area contributed by atoms with Crippen molar-refractivity contribution in [2.75, 3.05) is 12.8 Å². The highest BCUT2D eigenvalue weighted by Gasteiger charge is 2.07. The number of aryl methyl sites for hydroxylation is 1. The second kappa shape index (κ2) is 6.29. The quantitative estimate of drug-likeness (QED) is 0.836. The lowest BCUT2D eigenvalue weighted by Gasteiger charge is -2.10. The first-order valence-corrected chi connectivity index (χ1v) is 6.51. The summed E-state index contributed by atoms with van der Waals surface area (Å²) in [6, 6.07) is 7.76. The third kappa shape index (κ3) is 3.42. The largest absolute Gasteiger partial charge is 0.497 e. The van der Waals surface area contributed by atoms with Crippen LogP contribution in [0.15, 0.2) is 30.5 Å². The van der Waals surface area contributed by atoms with Crippen LogP contribution in [0.3, 0.4) is 0 Å². The Hall–Kier alpha value is -2.21. The second-order valence-corrected chi connectivity index (χ2v) is 4.66. The zero-order valence-electron chi connectivity index (χ0n) is 11.4. The summed E-state index contributed by atoms with van der Waals surface area (Å²) in [5.41, 5.74) is 7.58. The molecular formula is C14H16N4OS. The van der Waals surface area contributed by atoms with Gasteiger partial charge in [-0.3, -0.25) is 0 Å². The molecule has 6 heteroatoms. The Balaban J connectivity index is 2.00. The van der Waals surface area contributed by atoms with E-state index in [0.29, 0.717) is 28.7 Å². The molecule has 1 heterocycles. The van der Waals surface area contributed by atoms with Crippen molar-refractivity contribution in [1.29, 1.82) is 0 Å². The normalized spacial score (nSPS) is 10.1. The molecule has 0 aliphatic heterocycles. The number of aromatic nitrogens is 2. The van der Waals surface area contributed by atoms with E-state index in [9.17, 15) is 0 Å². The Morgan fingerprint density at radius 2 is 2.05 bits per heavy atom. The van der Waals surface area contributed by atoms with Gasteiger partial charge in [0, 0.05) is 12.7 Å². The van der Waals surface area contributed by atoms with Gasteiger partial charge < -0.3 is 15.8 Å². The standard InChI is InChI=1S/C14H16N4OS/c1-9-16-8-12(13(15)18-9)14(20)17-7-10-3-5-11(19-2)6-4-10/h3-6,8H,7H2,1-2H3,(H,17,20)(H2,15,16,18). The molecule has 0 amide bonds. The molecule has 2 rings (SSSR count). The van der Waals surface area contributed by atoms with Crippen LogP contribution < -0.4 is 15.8 Å². The van der Waals surface area contributed by atoms with Gasteiger partial charge in [0.15, 0.2) is 0 Å². The topological polar surface area (TPSA) is 73.1 Å². The van der Waals surface area contributed by atoms with Gasteiger partial charge in [-0.2, -0.15) is 0 Å². The van der Waals surface area contributed by atoms with Crippen molar-refractivity contribution in [1.82, 2.24) is 15.3 Å². The first-order valence-electron chi connectivity index (χ1n) is 6.10. The van der Waals surface area contributed by atoms with Gasteiger partial charge in [-0.15, -0.1) is 0 Å². The fraction of sp³-hybridized carbons (Fsp3) is 0.214. The number of nitrogen functional groups attached to an aromatic ring is 1. The van der Waals surface area contributed by atoms with Gasteiger partial charge in [-0.05, 0) is 24.6 Å². The molecule has 1 aromatic heterocycles. The lowest BCUT2D eigenvalue weighted by atomic mass is 10.2. The summed E-state index contributed by atoms with van der Waals surface area (Å²) in [4.78, 5) is 8.74. The highest BCUT2D eigenvalue weighted by molar-refractivity contribution is 7.80. The molecule has 5 nitrogen and oxygen atoms in total. The predicted octanol–water partition coefficient (Wildman–Crippen LogP) is 1.84. The molecule has 104 valence electrons. The van der Waals surface area contributed by atoms with Gasteiger partial charge in [-0.25, -0.2) is 9.97 Å². The molecule has 0 fully saturated rings. The summed E-state index contributed by atoms with van der Waals surface area (Å²) in [5.74, 6) is 1.85. The first-order chi connectivity index (χ1) is 9.60. The zero-order valence-corrected chi connectivity index (χ0v) is 12.2. The minimum Gasteiger partial charge on any atom is -0.497 e. The number of rotatable bonds is 4. The van der Waals surface area contributed by atoms with E-state index >= 15 is 0 Å². The first kappa shape index (κ1) is 14.2. The van der Waals surface area contributed by atoms with Crippen LogP contribution in [-0.4, -0.2) is 22.1 Å². The van der Waals surface area contributed by atoms with Gasteiger partial charge in [-0.1, -0.05) is 24.4 Å². The summed E-state index contributed by atoms with van der Waals surface area (Å²) >= 11 is 5.30. The highest BCUT2D eigenvalue weighted by atomic mass is 32.1. The number of anilines is 1. The zero-order chi connectivity index (χ0) is 14.5. The number of ether oxygens (including phenoxy) is 1. The summed E-state index contributed by atoms with van der Waals surface area (Å²) in [6.07, 6.45) is 1.64. The maximum atomic E-state index is 5.83. The third-order valence-electron chi connectivity index (χ3n) is 2.80. The number of hydrogen-bond donors (Lipinski definition) is 2. The van der Waals surface area contributed by atoms with Crippen LogP contribution in [0.1, 0.15) is 17.0 Å². The average Bonchev–Trinajstić information content (AvgIpc) is 2.45. The Kier molecular flexibility index (Phi) is 4.47.